The van der Waals surface area contributed by atoms with Crippen molar-refractivity contribution in [3.05, 3.63) is 59.0 Å². The highest BCUT2D eigenvalue weighted by Crippen LogP contribution is 2.22. The van der Waals surface area contributed by atoms with Crippen molar-refractivity contribution in [3.63, 3.8) is 0 Å². The molecule has 0 aliphatic rings. The van der Waals surface area contributed by atoms with Crippen molar-refractivity contribution in [1.82, 2.24) is 13.9 Å². The molecule has 1 aromatic carbocycles. The normalized spacial score (nSPS) is 11.6. The van der Waals surface area contributed by atoms with E-state index in [1.54, 1.807) is 0 Å². The molecule has 0 amide bonds. The minimum atomic E-state index is -3.97. The van der Waals surface area contributed by atoms with Gasteiger partial charge < -0.3 is 0 Å². The van der Waals surface area contributed by atoms with Crippen LogP contribution in [-0.2, 0) is 10.0 Å². The molecule has 0 radical (unpaired) electrons. The first-order valence-electron chi connectivity index (χ1n) is 5.78. The van der Waals surface area contributed by atoms with Crippen LogP contribution < -0.4 is 0 Å². The number of fused-ring (bicyclic) bond motifs is 1. The van der Waals surface area contributed by atoms with E-state index < -0.39 is 14.9 Å². The van der Waals surface area contributed by atoms with E-state index in [9.17, 15) is 18.5 Å². The number of benzene rings is 1. The molecule has 106 valence electrons. The first kappa shape index (κ1) is 13.2. The van der Waals surface area contributed by atoms with Crippen molar-refractivity contribution < 1.29 is 13.3 Å². The number of nitro benzene ring substituents is 1. The second-order valence-electron chi connectivity index (χ2n) is 4.14. The van der Waals surface area contributed by atoms with Crippen LogP contribution in [0.25, 0.3) is 11.2 Å². The molecule has 0 saturated heterocycles. The quantitative estimate of drug-likeness (QED) is 0.537. The van der Waals surface area contributed by atoms with Crippen LogP contribution in [0.1, 0.15) is 0 Å². The van der Waals surface area contributed by atoms with E-state index in [0.29, 0.717) is 5.52 Å². The van der Waals surface area contributed by atoms with E-state index in [1.165, 1.54) is 42.9 Å². The van der Waals surface area contributed by atoms with Crippen molar-refractivity contribution in [2.45, 2.75) is 4.90 Å². The third-order valence-corrected chi connectivity index (χ3v) is 4.53. The standard InChI is InChI=1S/C12H8N4O4S/c17-16(18)9-2-1-3-10(8-9)21(19,20)15-7-4-11-12(15)14-6-5-13-11/h1-8H. The summed E-state index contributed by atoms with van der Waals surface area (Å²) in [4.78, 5) is 17.9. The molecule has 3 rings (SSSR count). The fourth-order valence-electron chi connectivity index (χ4n) is 1.90. The van der Waals surface area contributed by atoms with Crippen LogP contribution in [-0.4, -0.2) is 27.3 Å². The van der Waals surface area contributed by atoms with E-state index in [4.69, 9.17) is 0 Å². The lowest BCUT2D eigenvalue weighted by molar-refractivity contribution is -0.385. The van der Waals surface area contributed by atoms with Crippen LogP contribution in [0.5, 0.6) is 0 Å². The van der Waals surface area contributed by atoms with Gasteiger partial charge in [-0.25, -0.2) is 17.4 Å². The highest BCUT2D eigenvalue weighted by Gasteiger charge is 2.22. The van der Waals surface area contributed by atoms with E-state index in [-0.39, 0.29) is 16.2 Å². The van der Waals surface area contributed by atoms with Gasteiger partial charge in [-0.1, -0.05) is 6.07 Å². The fourth-order valence-corrected chi connectivity index (χ4v) is 3.24. The largest absolute Gasteiger partial charge is 0.270 e. The summed E-state index contributed by atoms with van der Waals surface area (Å²) in [5.74, 6) is 0. The van der Waals surface area contributed by atoms with Gasteiger partial charge in [0.1, 0.15) is 5.52 Å². The van der Waals surface area contributed by atoms with E-state index in [0.717, 1.165) is 10.0 Å². The zero-order chi connectivity index (χ0) is 15.0. The third kappa shape index (κ3) is 2.13. The Morgan fingerprint density at radius 2 is 1.90 bits per heavy atom. The number of rotatable bonds is 3. The first-order valence-corrected chi connectivity index (χ1v) is 7.22. The van der Waals surface area contributed by atoms with Gasteiger partial charge in [0.2, 0.25) is 0 Å². The maximum atomic E-state index is 12.6. The lowest BCUT2D eigenvalue weighted by Gasteiger charge is -2.06. The molecule has 9 heteroatoms. The van der Waals surface area contributed by atoms with E-state index >= 15 is 0 Å². The van der Waals surface area contributed by atoms with Gasteiger partial charge in [-0.3, -0.25) is 15.1 Å². The molecule has 2 aromatic heterocycles. The molecule has 0 bridgehead atoms. The van der Waals surface area contributed by atoms with Crippen molar-refractivity contribution in [2.75, 3.05) is 0 Å². The Labute approximate surface area is 118 Å². The van der Waals surface area contributed by atoms with Crippen LogP contribution >= 0.6 is 0 Å². The second-order valence-corrected chi connectivity index (χ2v) is 5.95. The summed E-state index contributed by atoms with van der Waals surface area (Å²) in [5.41, 5.74) is 0.300. The Bertz CT molecular complexity index is 949. The molecule has 2 heterocycles. The average molecular weight is 304 g/mol. The maximum Gasteiger partial charge on any atom is 0.270 e. The van der Waals surface area contributed by atoms with Crippen LogP contribution in [0.3, 0.4) is 0 Å². The predicted molar refractivity (Wildman–Crippen MR) is 73.2 cm³/mol. The summed E-state index contributed by atoms with van der Waals surface area (Å²) in [5, 5.41) is 10.8. The fraction of sp³-hybridized carbons (Fsp3) is 0. The summed E-state index contributed by atoms with van der Waals surface area (Å²) in [6.07, 6.45) is 4.15. The third-order valence-electron chi connectivity index (χ3n) is 2.87. The zero-order valence-electron chi connectivity index (χ0n) is 10.4. The van der Waals surface area contributed by atoms with Gasteiger partial charge in [0.25, 0.3) is 15.7 Å². The number of aromatic nitrogens is 3. The smallest absolute Gasteiger partial charge is 0.258 e. The minimum absolute atomic E-state index is 0.170. The Hall–Kier alpha value is -2.81. The highest BCUT2D eigenvalue weighted by atomic mass is 32.2. The van der Waals surface area contributed by atoms with Crippen molar-refractivity contribution in [2.24, 2.45) is 0 Å². The molecule has 0 N–H and O–H groups in total. The molecular formula is C12H8N4O4S. The Morgan fingerprint density at radius 3 is 2.67 bits per heavy atom. The monoisotopic (exact) mass is 304 g/mol. The molecule has 0 aliphatic heterocycles. The van der Waals surface area contributed by atoms with Gasteiger partial charge in [0.15, 0.2) is 5.65 Å². The van der Waals surface area contributed by atoms with E-state index in [1.807, 2.05) is 0 Å². The molecule has 0 atom stereocenters. The lowest BCUT2D eigenvalue weighted by Crippen LogP contribution is -2.12. The zero-order valence-corrected chi connectivity index (χ0v) is 11.3. The molecule has 8 nitrogen and oxygen atoms in total. The molecule has 21 heavy (non-hydrogen) atoms. The van der Waals surface area contributed by atoms with Gasteiger partial charge in [0.05, 0.1) is 9.82 Å². The number of hydrogen-bond acceptors (Lipinski definition) is 6. The number of hydrogen-bond donors (Lipinski definition) is 0. The molecule has 0 fully saturated rings. The van der Waals surface area contributed by atoms with Gasteiger partial charge in [-0.05, 0) is 12.1 Å². The van der Waals surface area contributed by atoms with Crippen LogP contribution in [0.15, 0.2) is 53.8 Å². The number of nitrogens with zero attached hydrogens (tertiary/aromatic N) is 4. The predicted octanol–water partition coefficient (Wildman–Crippen LogP) is 1.58. The summed E-state index contributed by atoms with van der Waals surface area (Å²) in [7, 11) is -3.97. The average Bonchev–Trinajstić information content (AvgIpc) is 2.92. The Kier molecular flexibility index (Phi) is 2.91. The van der Waals surface area contributed by atoms with Crippen LogP contribution in [0.2, 0.25) is 0 Å². The minimum Gasteiger partial charge on any atom is -0.258 e. The lowest BCUT2D eigenvalue weighted by atomic mass is 10.3. The summed E-state index contributed by atoms with van der Waals surface area (Å²) in [6.45, 7) is 0. The van der Waals surface area contributed by atoms with Gasteiger partial charge in [-0.2, -0.15) is 0 Å². The van der Waals surface area contributed by atoms with Gasteiger partial charge in [0, 0.05) is 30.7 Å². The van der Waals surface area contributed by atoms with Crippen molar-refractivity contribution >= 4 is 26.9 Å². The Morgan fingerprint density at radius 1 is 1.14 bits per heavy atom. The summed E-state index contributed by atoms with van der Waals surface area (Å²) in [6, 6.07) is 6.37. The van der Waals surface area contributed by atoms with Crippen molar-refractivity contribution in [3.8, 4) is 0 Å². The van der Waals surface area contributed by atoms with Crippen LogP contribution in [0.4, 0.5) is 5.69 Å². The molecular weight excluding hydrogens is 296 g/mol. The maximum absolute atomic E-state index is 12.6. The molecule has 0 spiro atoms. The van der Waals surface area contributed by atoms with Gasteiger partial charge >= 0.3 is 0 Å². The topological polar surface area (TPSA) is 108 Å². The summed E-state index contributed by atoms with van der Waals surface area (Å²) >= 11 is 0. The first-order chi connectivity index (χ1) is 10.00. The van der Waals surface area contributed by atoms with Gasteiger partial charge in [-0.15, -0.1) is 0 Å². The highest BCUT2D eigenvalue weighted by molar-refractivity contribution is 7.90. The number of non-ortho nitro benzene ring substituents is 1. The molecule has 0 aliphatic carbocycles. The van der Waals surface area contributed by atoms with Crippen molar-refractivity contribution in [1.29, 1.82) is 0 Å². The molecule has 3 aromatic rings. The SMILES string of the molecule is O=[N+]([O-])c1cccc(S(=O)(=O)n2ccc3nccnc32)c1. The Balaban J connectivity index is 2.21. The second kappa shape index (κ2) is 4.63. The van der Waals surface area contributed by atoms with E-state index in [2.05, 4.69) is 9.97 Å². The van der Waals surface area contributed by atoms with Crippen LogP contribution in [0, 0.1) is 10.1 Å². The molecule has 0 unspecified atom stereocenters. The number of nitro groups is 1. The molecule has 0 saturated carbocycles. The summed E-state index contributed by atoms with van der Waals surface area (Å²) < 4.78 is 26.1.